The summed E-state index contributed by atoms with van der Waals surface area (Å²) in [6, 6.07) is 15.9. The van der Waals surface area contributed by atoms with Crippen LogP contribution >= 0.6 is 0 Å². The Kier molecular flexibility index (Phi) is 4.11. The summed E-state index contributed by atoms with van der Waals surface area (Å²) >= 11 is 0. The lowest BCUT2D eigenvalue weighted by atomic mass is 10.1. The summed E-state index contributed by atoms with van der Waals surface area (Å²) in [7, 11) is 0. The molecule has 0 unspecified atom stereocenters. The topological polar surface area (TPSA) is 64.3 Å². The largest absolute Gasteiger partial charge is 0.457 e. The SMILES string of the molecule is Cc1ccc(Oc2ccc([C@H]3CC[C@@H](C(N)=O)N3)cc2)cc1. The average Bonchev–Trinajstić information content (AvgIpc) is 3.00. The molecule has 2 aromatic carbocycles. The Morgan fingerprint density at radius 3 is 2.18 bits per heavy atom. The highest BCUT2D eigenvalue weighted by Crippen LogP contribution is 2.29. The average molecular weight is 296 g/mol. The number of nitrogens with two attached hydrogens (primary N) is 1. The van der Waals surface area contributed by atoms with Crippen LogP contribution < -0.4 is 15.8 Å². The molecule has 1 fully saturated rings. The van der Waals surface area contributed by atoms with E-state index in [1.54, 1.807) is 0 Å². The predicted octanol–water partition coefficient (Wildman–Crippen LogP) is 3.07. The summed E-state index contributed by atoms with van der Waals surface area (Å²) in [5.41, 5.74) is 7.70. The summed E-state index contributed by atoms with van der Waals surface area (Å²) < 4.78 is 5.82. The van der Waals surface area contributed by atoms with Crippen molar-refractivity contribution in [3.63, 3.8) is 0 Å². The molecule has 1 aliphatic rings. The second kappa shape index (κ2) is 6.20. The maximum atomic E-state index is 11.2. The van der Waals surface area contributed by atoms with Crippen LogP contribution in [0.5, 0.6) is 11.5 Å². The van der Waals surface area contributed by atoms with Crippen LogP contribution in [0.25, 0.3) is 0 Å². The third-order valence-electron chi connectivity index (χ3n) is 4.03. The van der Waals surface area contributed by atoms with Crippen LogP contribution in [0.2, 0.25) is 0 Å². The van der Waals surface area contributed by atoms with Crippen LogP contribution in [-0.4, -0.2) is 11.9 Å². The Balaban J connectivity index is 1.65. The van der Waals surface area contributed by atoms with Gasteiger partial charge in [0.1, 0.15) is 11.5 Å². The lowest BCUT2D eigenvalue weighted by molar-refractivity contribution is -0.119. The van der Waals surface area contributed by atoms with Gasteiger partial charge in [0, 0.05) is 6.04 Å². The summed E-state index contributed by atoms with van der Waals surface area (Å²) in [6.07, 6.45) is 1.72. The number of benzene rings is 2. The quantitative estimate of drug-likeness (QED) is 0.911. The van der Waals surface area contributed by atoms with Gasteiger partial charge in [0.05, 0.1) is 6.04 Å². The predicted molar refractivity (Wildman–Crippen MR) is 85.8 cm³/mol. The molecule has 1 heterocycles. The maximum Gasteiger partial charge on any atom is 0.234 e. The van der Waals surface area contributed by atoms with Crippen molar-refractivity contribution in [3.8, 4) is 11.5 Å². The van der Waals surface area contributed by atoms with Gasteiger partial charge in [0.2, 0.25) is 5.91 Å². The third kappa shape index (κ3) is 3.28. The van der Waals surface area contributed by atoms with Gasteiger partial charge in [-0.3, -0.25) is 10.1 Å². The Hall–Kier alpha value is -2.33. The lowest BCUT2D eigenvalue weighted by Gasteiger charge is -2.13. The van der Waals surface area contributed by atoms with Gasteiger partial charge in [-0.1, -0.05) is 29.8 Å². The van der Waals surface area contributed by atoms with Crippen LogP contribution in [0.1, 0.15) is 30.0 Å². The first-order chi connectivity index (χ1) is 10.6. The van der Waals surface area contributed by atoms with Crippen LogP contribution in [-0.2, 0) is 4.79 Å². The molecule has 4 nitrogen and oxygen atoms in total. The minimum absolute atomic E-state index is 0.186. The number of hydrogen-bond donors (Lipinski definition) is 2. The first kappa shape index (κ1) is 14.6. The van der Waals surface area contributed by atoms with Crippen molar-refractivity contribution in [1.29, 1.82) is 0 Å². The zero-order valence-electron chi connectivity index (χ0n) is 12.6. The fraction of sp³-hybridized carbons (Fsp3) is 0.278. The number of rotatable bonds is 4. The molecule has 2 atom stereocenters. The molecule has 1 amide bonds. The van der Waals surface area contributed by atoms with E-state index in [2.05, 4.69) is 5.32 Å². The van der Waals surface area contributed by atoms with Crippen LogP contribution in [0.15, 0.2) is 48.5 Å². The maximum absolute atomic E-state index is 11.2. The highest BCUT2D eigenvalue weighted by atomic mass is 16.5. The van der Waals surface area contributed by atoms with Crippen molar-refractivity contribution in [1.82, 2.24) is 5.32 Å². The zero-order valence-corrected chi connectivity index (χ0v) is 12.6. The fourth-order valence-electron chi connectivity index (χ4n) is 2.74. The molecule has 0 radical (unpaired) electrons. The molecule has 0 spiro atoms. The van der Waals surface area contributed by atoms with E-state index in [0.29, 0.717) is 0 Å². The number of carbonyl (C=O) groups is 1. The molecule has 2 aromatic rings. The van der Waals surface area contributed by atoms with E-state index >= 15 is 0 Å². The molecule has 1 aliphatic heterocycles. The number of hydrogen-bond acceptors (Lipinski definition) is 3. The van der Waals surface area contributed by atoms with E-state index < -0.39 is 0 Å². The van der Waals surface area contributed by atoms with E-state index in [4.69, 9.17) is 10.5 Å². The van der Waals surface area contributed by atoms with Crippen molar-refractivity contribution in [2.24, 2.45) is 5.73 Å². The fourth-order valence-corrected chi connectivity index (χ4v) is 2.74. The van der Waals surface area contributed by atoms with E-state index in [0.717, 1.165) is 29.9 Å². The van der Waals surface area contributed by atoms with Gasteiger partial charge in [-0.15, -0.1) is 0 Å². The molecule has 1 saturated heterocycles. The minimum atomic E-state index is -0.276. The van der Waals surface area contributed by atoms with E-state index in [1.165, 1.54) is 5.56 Å². The minimum Gasteiger partial charge on any atom is -0.457 e. The van der Waals surface area contributed by atoms with Gasteiger partial charge < -0.3 is 10.5 Å². The Bertz CT molecular complexity index is 650. The van der Waals surface area contributed by atoms with Crippen LogP contribution in [0.3, 0.4) is 0 Å². The van der Waals surface area contributed by atoms with E-state index in [9.17, 15) is 4.79 Å². The number of ether oxygens (including phenoxy) is 1. The van der Waals surface area contributed by atoms with Crippen molar-refractivity contribution in [3.05, 3.63) is 59.7 Å². The Morgan fingerprint density at radius 2 is 1.64 bits per heavy atom. The van der Waals surface area contributed by atoms with Gasteiger partial charge in [-0.2, -0.15) is 0 Å². The van der Waals surface area contributed by atoms with E-state index in [-0.39, 0.29) is 18.0 Å². The molecule has 0 aliphatic carbocycles. The molecular formula is C18H20N2O2. The molecule has 4 heteroatoms. The van der Waals surface area contributed by atoms with Crippen molar-refractivity contribution < 1.29 is 9.53 Å². The number of carbonyl (C=O) groups excluding carboxylic acids is 1. The highest BCUT2D eigenvalue weighted by Gasteiger charge is 2.28. The summed E-state index contributed by atoms with van der Waals surface area (Å²) in [5, 5.41) is 3.27. The molecule has 0 aromatic heterocycles. The normalized spacial score (nSPS) is 20.8. The van der Waals surface area contributed by atoms with Gasteiger partial charge >= 0.3 is 0 Å². The molecule has 3 rings (SSSR count). The molecule has 22 heavy (non-hydrogen) atoms. The van der Waals surface area contributed by atoms with Crippen molar-refractivity contribution in [2.45, 2.75) is 31.8 Å². The number of nitrogens with one attached hydrogen (secondary N) is 1. The van der Waals surface area contributed by atoms with Gasteiger partial charge in [-0.25, -0.2) is 0 Å². The number of primary amides is 1. The number of amides is 1. The summed E-state index contributed by atoms with van der Waals surface area (Å²) in [4.78, 5) is 11.2. The zero-order chi connectivity index (χ0) is 15.5. The Morgan fingerprint density at radius 1 is 1.05 bits per heavy atom. The molecule has 0 bridgehead atoms. The van der Waals surface area contributed by atoms with Gasteiger partial charge in [-0.05, 0) is 49.6 Å². The summed E-state index contributed by atoms with van der Waals surface area (Å²) in [5.74, 6) is 1.35. The van der Waals surface area contributed by atoms with Gasteiger partial charge in [0.15, 0.2) is 0 Å². The van der Waals surface area contributed by atoms with Gasteiger partial charge in [0.25, 0.3) is 0 Å². The van der Waals surface area contributed by atoms with Crippen LogP contribution in [0, 0.1) is 6.92 Å². The second-order valence-electron chi connectivity index (χ2n) is 5.74. The van der Waals surface area contributed by atoms with E-state index in [1.807, 2.05) is 55.5 Å². The first-order valence-corrected chi connectivity index (χ1v) is 7.51. The molecule has 3 N–H and O–H groups in total. The highest BCUT2D eigenvalue weighted by molar-refractivity contribution is 5.80. The lowest BCUT2D eigenvalue weighted by Crippen LogP contribution is -2.37. The summed E-state index contributed by atoms with van der Waals surface area (Å²) in [6.45, 7) is 2.05. The smallest absolute Gasteiger partial charge is 0.234 e. The third-order valence-corrected chi connectivity index (χ3v) is 4.03. The first-order valence-electron chi connectivity index (χ1n) is 7.51. The van der Waals surface area contributed by atoms with Crippen molar-refractivity contribution in [2.75, 3.05) is 0 Å². The molecular weight excluding hydrogens is 276 g/mol. The standard InChI is InChI=1S/C18H20N2O2/c1-12-2-6-14(7-3-12)22-15-8-4-13(5-9-15)16-10-11-17(20-16)18(19)21/h2-9,16-17,20H,10-11H2,1H3,(H2,19,21)/t16-,17+/m1/s1. The monoisotopic (exact) mass is 296 g/mol. The molecule has 0 saturated carbocycles. The molecule has 114 valence electrons. The number of aryl methyl sites for hydroxylation is 1. The Labute approximate surface area is 130 Å². The second-order valence-corrected chi connectivity index (χ2v) is 5.74. The van der Waals surface area contributed by atoms with Crippen LogP contribution in [0.4, 0.5) is 0 Å². The van der Waals surface area contributed by atoms with Crippen molar-refractivity contribution >= 4 is 5.91 Å².